The van der Waals surface area contributed by atoms with Crippen molar-refractivity contribution in [2.24, 2.45) is 0 Å². The minimum absolute atomic E-state index is 0.406. The summed E-state index contributed by atoms with van der Waals surface area (Å²) in [6.07, 6.45) is 1.07. The highest BCUT2D eigenvalue weighted by molar-refractivity contribution is 5.26. The fourth-order valence-corrected chi connectivity index (χ4v) is 2.01. The second-order valence-electron chi connectivity index (χ2n) is 4.55. The first-order valence-corrected chi connectivity index (χ1v) is 5.93. The van der Waals surface area contributed by atoms with Gasteiger partial charge in [-0.15, -0.1) is 0 Å². The van der Waals surface area contributed by atoms with Crippen LogP contribution >= 0.6 is 0 Å². The zero-order chi connectivity index (χ0) is 12.0. The Bertz CT molecular complexity index is 311. The Morgan fingerprint density at radius 2 is 1.88 bits per heavy atom. The van der Waals surface area contributed by atoms with Gasteiger partial charge in [0.05, 0.1) is 6.61 Å². The van der Waals surface area contributed by atoms with Crippen LogP contribution in [0.4, 0.5) is 0 Å². The highest BCUT2D eigenvalue weighted by Crippen LogP contribution is 2.09. The Kier molecular flexibility index (Phi) is 5.50. The van der Waals surface area contributed by atoms with Crippen molar-refractivity contribution in [3.63, 3.8) is 0 Å². The molecule has 2 unspecified atom stereocenters. The van der Waals surface area contributed by atoms with E-state index in [1.807, 2.05) is 0 Å². The van der Waals surface area contributed by atoms with Crippen LogP contribution in [0.15, 0.2) is 24.3 Å². The van der Waals surface area contributed by atoms with Crippen LogP contribution in [0, 0.1) is 6.92 Å². The van der Waals surface area contributed by atoms with Crippen LogP contribution in [-0.4, -0.2) is 25.8 Å². The van der Waals surface area contributed by atoms with E-state index in [1.165, 1.54) is 11.1 Å². The summed E-state index contributed by atoms with van der Waals surface area (Å²) in [7, 11) is 1.74. The van der Waals surface area contributed by atoms with Crippen LogP contribution in [-0.2, 0) is 11.2 Å². The first-order valence-electron chi connectivity index (χ1n) is 5.93. The zero-order valence-corrected chi connectivity index (χ0v) is 10.8. The van der Waals surface area contributed by atoms with Gasteiger partial charge in [-0.1, -0.05) is 24.3 Å². The Morgan fingerprint density at radius 1 is 1.19 bits per heavy atom. The molecule has 0 saturated carbocycles. The van der Waals surface area contributed by atoms with E-state index in [4.69, 9.17) is 4.74 Å². The van der Waals surface area contributed by atoms with Crippen LogP contribution in [0.25, 0.3) is 0 Å². The molecule has 0 fully saturated rings. The Morgan fingerprint density at radius 3 is 2.50 bits per heavy atom. The Labute approximate surface area is 99.0 Å². The summed E-state index contributed by atoms with van der Waals surface area (Å²) in [6, 6.07) is 9.45. The van der Waals surface area contributed by atoms with Crippen molar-refractivity contribution in [1.82, 2.24) is 5.32 Å². The summed E-state index contributed by atoms with van der Waals surface area (Å²) in [5.41, 5.74) is 2.79. The van der Waals surface area contributed by atoms with E-state index in [-0.39, 0.29) is 0 Å². The molecule has 0 spiro atoms. The summed E-state index contributed by atoms with van der Waals surface area (Å²) in [4.78, 5) is 0. The van der Waals surface area contributed by atoms with Crippen LogP contribution in [0.5, 0.6) is 0 Å². The summed E-state index contributed by atoms with van der Waals surface area (Å²) in [5.74, 6) is 0. The quantitative estimate of drug-likeness (QED) is 0.797. The number of methoxy groups -OCH3 is 1. The van der Waals surface area contributed by atoms with E-state index in [0.29, 0.717) is 12.1 Å². The molecule has 0 bridgehead atoms. The van der Waals surface area contributed by atoms with Gasteiger partial charge in [0.15, 0.2) is 0 Å². The molecule has 1 aromatic carbocycles. The third-order valence-electron chi connectivity index (χ3n) is 2.77. The molecular formula is C14H23NO. The smallest absolute Gasteiger partial charge is 0.0613 e. The van der Waals surface area contributed by atoms with Gasteiger partial charge in [-0.25, -0.2) is 0 Å². The maximum atomic E-state index is 5.12. The molecule has 2 nitrogen and oxygen atoms in total. The van der Waals surface area contributed by atoms with Gasteiger partial charge in [0.1, 0.15) is 0 Å². The van der Waals surface area contributed by atoms with Crippen LogP contribution in [0.2, 0.25) is 0 Å². The maximum absolute atomic E-state index is 5.12. The molecule has 0 radical (unpaired) electrons. The lowest BCUT2D eigenvalue weighted by atomic mass is 10.0. The molecule has 0 aliphatic rings. The summed E-state index contributed by atoms with van der Waals surface area (Å²) < 4.78 is 5.12. The van der Waals surface area contributed by atoms with Gasteiger partial charge < -0.3 is 10.1 Å². The average Bonchev–Trinajstić information content (AvgIpc) is 2.21. The predicted octanol–water partition coefficient (Wildman–Crippen LogP) is 2.55. The molecule has 2 atom stereocenters. The van der Waals surface area contributed by atoms with Gasteiger partial charge in [-0.05, 0) is 38.3 Å². The normalized spacial score (nSPS) is 14.8. The van der Waals surface area contributed by atoms with Gasteiger partial charge in [0.2, 0.25) is 0 Å². The number of aryl methyl sites for hydroxylation is 1. The van der Waals surface area contributed by atoms with Crippen LogP contribution in [0.1, 0.15) is 25.0 Å². The Balaban J connectivity index is 2.45. The van der Waals surface area contributed by atoms with Crippen molar-refractivity contribution >= 4 is 0 Å². The number of rotatable bonds is 6. The third kappa shape index (κ3) is 4.33. The molecule has 0 aliphatic heterocycles. The van der Waals surface area contributed by atoms with Crippen LogP contribution < -0.4 is 5.32 Å². The van der Waals surface area contributed by atoms with Crippen molar-refractivity contribution in [2.45, 2.75) is 39.3 Å². The molecular weight excluding hydrogens is 198 g/mol. The van der Waals surface area contributed by atoms with E-state index >= 15 is 0 Å². The molecule has 90 valence electrons. The number of nitrogens with one attached hydrogen (secondary N) is 1. The van der Waals surface area contributed by atoms with Gasteiger partial charge >= 0.3 is 0 Å². The average molecular weight is 221 g/mol. The molecule has 0 aliphatic carbocycles. The Hall–Kier alpha value is -0.860. The molecule has 0 saturated heterocycles. The second kappa shape index (κ2) is 6.66. The summed E-state index contributed by atoms with van der Waals surface area (Å²) >= 11 is 0. The van der Waals surface area contributed by atoms with Crippen molar-refractivity contribution in [1.29, 1.82) is 0 Å². The minimum atomic E-state index is 0.406. The minimum Gasteiger partial charge on any atom is -0.383 e. The number of hydrogen-bond acceptors (Lipinski definition) is 2. The number of benzene rings is 1. The maximum Gasteiger partial charge on any atom is 0.0613 e. The largest absolute Gasteiger partial charge is 0.383 e. The molecule has 1 aromatic rings. The van der Waals surface area contributed by atoms with Crippen molar-refractivity contribution in [3.05, 3.63) is 35.4 Å². The first-order chi connectivity index (χ1) is 7.63. The fourth-order valence-electron chi connectivity index (χ4n) is 2.01. The van der Waals surface area contributed by atoms with Gasteiger partial charge in [0.25, 0.3) is 0 Å². The molecule has 0 aromatic heterocycles. The standard InChI is InChI=1S/C14H23NO/c1-11-7-5-6-8-14(11)9-12(2)15-13(3)10-16-4/h5-8,12-13,15H,9-10H2,1-4H3. The third-order valence-corrected chi connectivity index (χ3v) is 2.77. The molecule has 1 rings (SSSR count). The first kappa shape index (κ1) is 13.2. The SMILES string of the molecule is COCC(C)NC(C)Cc1ccccc1C. The second-order valence-corrected chi connectivity index (χ2v) is 4.55. The lowest BCUT2D eigenvalue weighted by Gasteiger charge is -2.20. The number of hydrogen-bond donors (Lipinski definition) is 1. The van der Waals surface area contributed by atoms with E-state index in [9.17, 15) is 0 Å². The van der Waals surface area contributed by atoms with Gasteiger partial charge in [0, 0.05) is 19.2 Å². The topological polar surface area (TPSA) is 21.3 Å². The molecule has 0 amide bonds. The van der Waals surface area contributed by atoms with Crippen molar-refractivity contribution in [3.8, 4) is 0 Å². The van der Waals surface area contributed by atoms with Gasteiger partial charge in [-0.3, -0.25) is 0 Å². The summed E-state index contributed by atoms with van der Waals surface area (Å²) in [5, 5.41) is 3.53. The van der Waals surface area contributed by atoms with Crippen LogP contribution in [0.3, 0.4) is 0 Å². The molecule has 0 heterocycles. The number of ether oxygens (including phenoxy) is 1. The monoisotopic (exact) mass is 221 g/mol. The highest BCUT2D eigenvalue weighted by Gasteiger charge is 2.08. The zero-order valence-electron chi connectivity index (χ0n) is 10.8. The predicted molar refractivity (Wildman–Crippen MR) is 68.8 cm³/mol. The van der Waals surface area contributed by atoms with Crippen molar-refractivity contribution in [2.75, 3.05) is 13.7 Å². The lowest BCUT2D eigenvalue weighted by Crippen LogP contribution is -2.38. The molecule has 2 heteroatoms. The fraction of sp³-hybridized carbons (Fsp3) is 0.571. The summed E-state index contributed by atoms with van der Waals surface area (Å²) in [6.45, 7) is 7.30. The lowest BCUT2D eigenvalue weighted by molar-refractivity contribution is 0.167. The van der Waals surface area contributed by atoms with E-state index in [2.05, 4.69) is 50.4 Å². The molecule has 16 heavy (non-hydrogen) atoms. The highest BCUT2D eigenvalue weighted by atomic mass is 16.5. The van der Waals surface area contributed by atoms with E-state index < -0.39 is 0 Å². The molecule has 1 N–H and O–H groups in total. The van der Waals surface area contributed by atoms with E-state index in [1.54, 1.807) is 7.11 Å². The van der Waals surface area contributed by atoms with Crippen molar-refractivity contribution < 1.29 is 4.74 Å². The van der Waals surface area contributed by atoms with Gasteiger partial charge in [-0.2, -0.15) is 0 Å². The van der Waals surface area contributed by atoms with E-state index in [0.717, 1.165) is 13.0 Å².